The zero-order chi connectivity index (χ0) is 12.1. The van der Waals surface area contributed by atoms with E-state index < -0.39 is 0 Å². The molecule has 0 radical (unpaired) electrons. The maximum absolute atomic E-state index is 11.9. The van der Waals surface area contributed by atoms with Crippen LogP contribution in [-0.2, 0) is 6.54 Å². The standard InChI is InChI=1S/C13H13NO3/c1-16-12-5-3-2-4-11(12)13(15)14-8-10-6-7-17-9-10/h2-7,9H,8H2,1H3,(H,14,15). The van der Waals surface area contributed by atoms with Gasteiger partial charge in [0.15, 0.2) is 0 Å². The van der Waals surface area contributed by atoms with E-state index in [4.69, 9.17) is 9.15 Å². The van der Waals surface area contributed by atoms with Gasteiger partial charge in [-0.2, -0.15) is 0 Å². The second-order valence-electron chi connectivity index (χ2n) is 3.51. The molecule has 0 unspecified atom stereocenters. The van der Waals surface area contributed by atoms with Gasteiger partial charge in [0, 0.05) is 12.1 Å². The SMILES string of the molecule is COc1ccccc1C(=O)NCc1ccoc1. The van der Waals surface area contributed by atoms with Crippen LogP contribution in [0, 0.1) is 0 Å². The largest absolute Gasteiger partial charge is 0.496 e. The quantitative estimate of drug-likeness (QED) is 0.877. The Kier molecular flexibility index (Phi) is 3.45. The molecular formula is C13H13NO3. The monoisotopic (exact) mass is 231 g/mol. The van der Waals surface area contributed by atoms with Gasteiger partial charge in [0.2, 0.25) is 0 Å². The highest BCUT2D eigenvalue weighted by Crippen LogP contribution is 2.16. The lowest BCUT2D eigenvalue weighted by Crippen LogP contribution is -2.23. The molecule has 2 rings (SSSR count). The normalized spacial score (nSPS) is 9.94. The molecule has 0 spiro atoms. The van der Waals surface area contributed by atoms with Crippen molar-refractivity contribution in [2.75, 3.05) is 7.11 Å². The number of carbonyl (C=O) groups excluding carboxylic acids is 1. The van der Waals surface area contributed by atoms with Crippen molar-refractivity contribution in [1.29, 1.82) is 0 Å². The first-order valence-corrected chi connectivity index (χ1v) is 5.23. The van der Waals surface area contributed by atoms with E-state index in [1.165, 1.54) is 0 Å². The minimum Gasteiger partial charge on any atom is -0.496 e. The molecule has 4 heteroatoms. The van der Waals surface area contributed by atoms with Gasteiger partial charge in [-0.1, -0.05) is 12.1 Å². The fourth-order valence-electron chi connectivity index (χ4n) is 1.50. The maximum atomic E-state index is 11.9. The van der Waals surface area contributed by atoms with Crippen LogP contribution in [0.4, 0.5) is 0 Å². The summed E-state index contributed by atoms with van der Waals surface area (Å²) >= 11 is 0. The number of benzene rings is 1. The average Bonchev–Trinajstić information content (AvgIpc) is 2.89. The number of nitrogens with one attached hydrogen (secondary N) is 1. The van der Waals surface area contributed by atoms with E-state index in [0.717, 1.165) is 5.56 Å². The van der Waals surface area contributed by atoms with Crippen LogP contribution in [0.5, 0.6) is 5.75 Å². The summed E-state index contributed by atoms with van der Waals surface area (Å²) in [6.07, 6.45) is 3.17. The van der Waals surface area contributed by atoms with Gasteiger partial charge in [-0.3, -0.25) is 4.79 Å². The summed E-state index contributed by atoms with van der Waals surface area (Å²) in [7, 11) is 1.54. The summed E-state index contributed by atoms with van der Waals surface area (Å²) < 4.78 is 10.0. The first-order valence-electron chi connectivity index (χ1n) is 5.23. The minimum absolute atomic E-state index is 0.163. The lowest BCUT2D eigenvalue weighted by Gasteiger charge is -2.08. The van der Waals surface area contributed by atoms with Crippen molar-refractivity contribution in [2.24, 2.45) is 0 Å². The van der Waals surface area contributed by atoms with Gasteiger partial charge in [0.1, 0.15) is 5.75 Å². The first-order chi connectivity index (χ1) is 8.31. The van der Waals surface area contributed by atoms with Crippen LogP contribution >= 0.6 is 0 Å². The molecule has 0 saturated heterocycles. The molecule has 2 aromatic rings. The van der Waals surface area contributed by atoms with E-state index in [9.17, 15) is 4.79 Å². The summed E-state index contributed by atoms with van der Waals surface area (Å²) in [6, 6.07) is 8.92. The summed E-state index contributed by atoms with van der Waals surface area (Å²) in [4.78, 5) is 11.9. The Balaban J connectivity index is 2.04. The van der Waals surface area contributed by atoms with Gasteiger partial charge < -0.3 is 14.5 Å². The Morgan fingerprint density at radius 1 is 1.35 bits per heavy atom. The predicted octanol–water partition coefficient (Wildman–Crippen LogP) is 2.22. The van der Waals surface area contributed by atoms with E-state index in [2.05, 4.69) is 5.32 Å². The molecule has 4 nitrogen and oxygen atoms in total. The van der Waals surface area contributed by atoms with Gasteiger partial charge in [0.05, 0.1) is 25.2 Å². The fraction of sp³-hybridized carbons (Fsp3) is 0.154. The predicted molar refractivity (Wildman–Crippen MR) is 62.9 cm³/mol. The Bertz CT molecular complexity index is 491. The Morgan fingerprint density at radius 3 is 2.88 bits per heavy atom. The van der Waals surface area contributed by atoms with Crippen LogP contribution in [0.15, 0.2) is 47.3 Å². The second kappa shape index (κ2) is 5.21. The molecule has 1 amide bonds. The van der Waals surface area contributed by atoms with Crippen LogP contribution in [0.1, 0.15) is 15.9 Å². The highest BCUT2D eigenvalue weighted by Gasteiger charge is 2.10. The first kappa shape index (κ1) is 11.3. The smallest absolute Gasteiger partial charge is 0.255 e. The molecule has 0 aliphatic heterocycles. The van der Waals surface area contributed by atoms with Crippen LogP contribution in [0.2, 0.25) is 0 Å². The second-order valence-corrected chi connectivity index (χ2v) is 3.51. The molecule has 88 valence electrons. The van der Waals surface area contributed by atoms with Gasteiger partial charge in [-0.15, -0.1) is 0 Å². The number of hydrogen-bond donors (Lipinski definition) is 1. The molecule has 0 aliphatic rings. The van der Waals surface area contributed by atoms with Crippen molar-refractivity contribution in [3.63, 3.8) is 0 Å². The number of ether oxygens (including phenoxy) is 1. The number of para-hydroxylation sites is 1. The molecule has 1 aromatic carbocycles. The third-order valence-corrected chi connectivity index (χ3v) is 2.38. The maximum Gasteiger partial charge on any atom is 0.255 e. The molecular weight excluding hydrogens is 218 g/mol. The van der Waals surface area contributed by atoms with Crippen LogP contribution < -0.4 is 10.1 Å². The Hall–Kier alpha value is -2.23. The van der Waals surface area contributed by atoms with E-state index >= 15 is 0 Å². The van der Waals surface area contributed by atoms with Crippen molar-refractivity contribution in [3.8, 4) is 5.75 Å². The summed E-state index contributed by atoms with van der Waals surface area (Å²) in [5, 5.41) is 2.80. The Labute approximate surface area is 99.2 Å². The van der Waals surface area contributed by atoms with Crippen LogP contribution in [0.3, 0.4) is 0 Å². The zero-order valence-corrected chi connectivity index (χ0v) is 9.47. The minimum atomic E-state index is -0.163. The van der Waals surface area contributed by atoms with Gasteiger partial charge in [0.25, 0.3) is 5.91 Å². The summed E-state index contributed by atoms with van der Waals surface area (Å²) in [5.74, 6) is 0.404. The van der Waals surface area contributed by atoms with Crippen molar-refractivity contribution in [3.05, 3.63) is 54.0 Å². The van der Waals surface area contributed by atoms with Crippen molar-refractivity contribution >= 4 is 5.91 Å². The molecule has 0 aliphatic carbocycles. The zero-order valence-electron chi connectivity index (χ0n) is 9.47. The van der Waals surface area contributed by atoms with Crippen molar-refractivity contribution in [2.45, 2.75) is 6.54 Å². The highest BCUT2D eigenvalue weighted by molar-refractivity contribution is 5.96. The number of hydrogen-bond acceptors (Lipinski definition) is 3. The topological polar surface area (TPSA) is 51.5 Å². The van der Waals surface area contributed by atoms with E-state index in [0.29, 0.717) is 17.9 Å². The number of furan rings is 1. The fourth-order valence-corrected chi connectivity index (χ4v) is 1.50. The van der Waals surface area contributed by atoms with Crippen molar-refractivity contribution < 1.29 is 13.9 Å². The molecule has 0 fully saturated rings. The molecule has 1 N–H and O–H groups in total. The highest BCUT2D eigenvalue weighted by atomic mass is 16.5. The van der Waals surface area contributed by atoms with Gasteiger partial charge in [-0.05, 0) is 18.2 Å². The van der Waals surface area contributed by atoms with Crippen LogP contribution in [-0.4, -0.2) is 13.0 Å². The van der Waals surface area contributed by atoms with E-state index in [1.54, 1.807) is 37.8 Å². The van der Waals surface area contributed by atoms with Gasteiger partial charge >= 0.3 is 0 Å². The molecule has 0 saturated carbocycles. The molecule has 0 atom stereocenters. The summed E-state index contributed by atoms with van der Waals surface area (Å²) in [5.41, 5.74) is 1.45. The van der Waals surface area contributed by atoms with E-state index in [-0.39, 0.29) is 5.91 Å². The lowest BCUT2D eigenvalue weighted by molar-refractivity contribution is 0.0948. The van der Waals surface area contributed by atoms with E-state index in [1.807, 2.05) is 12.1 Å². The molecule has 0 bridgehead atoms. The van der Waals surface area contributed by atoms with Crippen molar-refractivity contribution in [1.82, 2.24) is 5.32 Å². The van der Waals surface area contributed by atoms with Gasteiger partial charge in [-0.25, -0.2) is 0 Å². The lowest BCUT2D eigenvalue weighted by atomic mass is 10.2. The van der Waals surface area contributed by atoms with Crippen LogP contribution in [0.25, 0.3) is 0 Å². The number of amides is 1. The molecule has 1 heterocycles. The third-order valence-electron chi connectivity index (χ3n) is 2.38. The third kappa shape index (κ3) is 2.66. The molecule has 17 heavy (non-hydrogen) atoms. The Morgan fingerprint density at radius 2 is 2.18 bits per heavy atom. The molecule has 1 aromatic heterocycles. The average molecular weight is 231 g/mol. The number of carbonyl (C=O) groups is 1. The number of methoxy groups -OCH3 is 1. The summed E-state index contributed by atoms with van der Waals surface area (Å²) in [6.45, 7) is 0.438. The number of rotatable bonds is 4.